The highest BCUT2D eigenvalue weighted by Gasteiger charge is 2.30. The Morgan fingerprint density at radius 3 is 2.37 bits per heavy atom. The first kappa shape index (κ1) is 21.7. The SMILES string of the molecule is Cc1ccc(S(=O)(=O)N2CCN(C(=O)COc3ccccc3[N+](=O)[O-])CC2)cc1C. The van der Waals surface area contributed by atoms with Gasteiger partial charge in [0.15, 0.2) is 12.4 Å². The van der Waals surface area contributed by atoms with E-state index in [2.05, 4.69) is 0 Å². The van der Waals surface area contributed by atoms with E-state index in [0.717, 1.165) is 11.1 Å². The maximum Gasteiger partial charge on any atom is 0.310 e. The third kappa shape index (κ3) is 4.60. The lowest BCUT2D eigenvalue weighted by molar-refractivity contribution is -0.385. The average Bonchev–Trinajstić information content (AvgIpc) is 2.74. The molecule has 2 aromatic rings. The van der Waals surface area contributed by atoms with Crippen LogP contribution in [0.3, 0.4) is 0 Å². The number of sulfonamides is 1. The Morgan fingerprint density at radius 1 is 1.07 bits per heavy atom. The van der Waals surface area contributed by atoms with Gasteiger partial charge in [-0.25, -0.2) is 8.42 Å². The van der Waals surface area contributed by atoms with Crippen molar-refractivity contribution in [2.24, 2.45) is 0 Å². The zero-order chi connectivity index (χ0) is 21.9. The van der Waals surface area contributed by atoms with Crippen LogP contribution in [-0.2, 0) is 14.8 Å². The number of nitrogens with zero attached hydrogens (tertiary/aromatic N) is 3. The second kappa shape index (κ2) is 8.80. The van der Waals surface area contributed by atoms with E-state index in [1.165, 1.54) is 27.4 Å². The Balaban J connectivity index is 1.59. The van der Waals surface area contributed by atoms with Crippen molar-refractivity contribution in [3.05, 3.63) is 63.7 Å². The zero-order valence-corrected chi connectivity index (χ0v) is 17.6. The summed E-state index contributed by atoms with van der Waals surface area (Å²) in [6.45, 7) is 4.23. The Morgan fingerprint density at radius 2 is 1.73 bits per heavy atom. The molecule has 1 aliphatic heterocycles. The number of aryl methyl sites for hydroxylation is 2. The molecular weight excluding hydrogens is 410 g/mol. The van der Waals surface area contributed by atoms with Gasteiger partial charge in [0.1, 0.15) is 0 Å². The van der Waals surface area contributed by atoms with Crippen LogP contribution in [-0.4, -0.2) is 61.2 Å². The van der Waals surface area contributed by atoms with E-state index >= 15 is 0 Å². The van der Waals surface area contributed by atoms with Gasteiger partial charge in [-0.3, -0.25) is 14.9 Å². The Hall–Kier alpha value is -2.98. The molecule has 1 saturated heterocycles. The summed E-state index contributed by atoms with van der Waals surface area (Å²) in [5.74, 6) is -0.330. The van der Waals surface area contributed by atoms with E-state index in [0.29, 0.717) is 0 Å². The summed E-state index contributed by atoms with van der Waals surface area (Å²) in [5, 5.41) is 11.0. The third-order valence-corrected chi connectivity index (χ3v) is 7.02. The van der Waals surface area contributed by atoms with Crippen LogP contribution in [0.15, 0.2) is 47.4 Å². The largest absolute Gasteiger partial charge is 0.477 e. The quantitative estimate of drug-likeness (QED) is 0.510. The van der Waals surface area contributed by atoms with Crippen LogP contribution >= 0.6 is 0 Å². The molecule has 0 saturated carbocycles. The number of ether oxygens (including phenoxy) is 1. The highest BCUT2D eigenvalue weighted by atomic mass is 32.2. The normalized spacial score (nSPS) is 15.1. The monoisotopic (exact) mass is 433 g/mol. The first-order chi connectivity index (χ1) is 14.2. The molecule has 0 atom stereocenters. The highest BCUT2D eigenvalue weighted by Crippen LogP contribution is 2.26. The summed E-state index contributed by atoms with van der Waals surface area (Å²) in [6, 6.07) is 10.9. The Bertz CT molecular complexity index is 1060. The Kier molecular flexibility index (Phi) is 6.37. The third-order valence-electron chi connectivity index (χ3n) is 5.12. The number of carbonyl (C=O) groups excluding carboxylic acids is 1. The molecule has 1 amide bonds. The fourth-order valence-electron chi connectivity index (χ4n) is 3.16. The minimum Gasteiger partial charge on any atom is -0.477 e. The predicted molar refractivity (Wildman–Crippen MR) is 110 cm³/mol. The number of para-hydroxylation sites is 2. The molecule has 0 aliphatic carbocycles. The number of piperazine rings is 1. The molecule has 0 unspecified atom stereocenters. The van der Waals surface area contributed by atoms with Crippen LogP contribution in [0.1, 0.15) is 11.1 Å². The summed E-state index contributed by atoms with van der Waals surface area (Å²) >= 11 is 0. The number of hydrogen-bond acceptors (Lipinski definition) is 6. The molecule has 0 spiro atoms. The van der Waals surface area contributed by atoms with Gasteiger partial charge >= 0.3 is 5.69 Å². The van der Waals surface area contributed by atoms with E-state index in [-0.39, 0.29) is 55.0 Å². The predicted octanol–water partition coefficient (Wildman–Crippen LogP) is 2.12. The number of benzene rings is 2. The minimum atomic E-state index is -3.63. The van der Waals surface area contributed by atoms with Crippen molar-refractivity contribution < 1.29 is 22.9 Å². The Labute approximate surface area is 175 Å². The van der Waals surface area contributed by atoms with E-state index in [1.807, 2.05) is 13.8 Å². The van der Waals surface area contributed by atoms with Gasteiger partial charge in [-0.1, -0.05) is 18.2 Å². The van der Waals surface area contributed by atoms with Gasteiger partial charge in [-0.15, -0.1) is 0 Å². The van der Waals surface area contributed by atoms with Crippen molar-refractivity contribution in [2.45, 2.75) is 18.7 Å². The molecule has 0 aromatic heterocycles. The van der Waals surface area contributed by atoms with Crippen molar-refractivity contribution in [2.75, 3.05) is 32.8 Å². The molecule has 30 heavy (non-hydrogen) atoms. The number of nitro groups is 1. The van der Waals surface area contributed by atoms with Crippen LogP contribution in [0.25, 0.3) is 0 Å². The molecule has 0 bridgehead atoms. The van der Waals surface area contributed by atoms with Crippen LogP contribution in [0.4, 0.5) is 5.69 Å². The smallest absolute Gasteiger partial charge is 0.310 e. The van der Waals surface area contributed by atoms with Gasteiger partial charge in [0.2, 0.25) is 10.0 Å². The lowest BCUT2D eigenvalue weighted by Gasteiger charge is -2.34. The van der Waals surface area contributed by atoms with E-state index in [4.69, 9.17) is 4.74 Å². The van der Waals surface area contributed by atoms with Crippen molar-refractivity contribution >= 4 is 21.6 Å². The molecule has 0 radical (unpaired) electrons. The van der Waals surface area contributed by atoms with Crippen molar-refractivity contribution in [1.29, 1.82) is 0 Å². The number of carbonyl (C=O) groups is 1. The second-order valence-electron chi connectivity index (χ2n) is 7.04. The van der Waals surface area contributed by atoms with Crippen LogP contribution < -0.4 is 4.74 Å². The molecule has 10 heteroatoms. The number of nitro benzene ring substituents is 1. The number of amides is 1. The summed E-state index contributed by atoms with van der Waals surface area (Å²) in [4.78, 5) is 24.6. The van der Waals surface area contributed by atoms with Gasteiger partial charge in [0.05, 0.1) is 9.82 Å². The van der Waals surface area contributed by atoms with E-state index in [9.17, 15) is 23.3 Å². The molecule has 2 aromatic carbocycles. The summed E-state index contributed by atoms with van der Waals surface area (Å²) in [5.41, 5.74) is 1.70. The molecular formula is C20H23N3O6S. The van der Waals surface area contributed by atoms with Crippen molar-refractivity contribution in [3.63, 3.8) is 0 Å². The highest BCUT2D eigenvalue weighted by molar-refractivity contribution is 7.89. The lowest BCUT2D eigenvalue weighted by atomic mass is 10.1. The number of hydrogen-bond donors (Lipinski definition) is 0. The summed E-state index contributed by atoms with van der Waals surface area (Å²) in [7, 11) is -3.63. The first-order valence-corrected chi connectivity index (χ1v) is 10.9. The summed E-state index contributed by atoms with van der Waals surface area (Å²) in [6.07, 6.45) is 0. The van der Waals surface area contributed by atoms with E-state index in [1.54, 1.807) is 24.3 Å². The van der Waals surface area contributed by atoms with Gasteiger partial charge in [-0.2, -0.15) is 4.31 Å². The molecule has 3 rings (SSSR count). The first-order valence-electron chi connectivity index (χ1n) is 9.41. The van der Waals surface area contributed by atoms with Crippen LogP contribution in [0.2, 0.25) is 0 Å². The molecule has 0 N–H and O–H groups in total. The second-order valence-corrected chi connectivity index (χ2v) is 8.98. The van der Waals surface area contributed by atoms with Crippen LogP contribution in [0, 0.1) is 24.0 Å². The minimum absolute atomic E-state index is 0.0202. The van der Waals surface area contributed by atoms with Crippen molar-refractivity contribution in [1.82, 2.24) is 9.21 Å². The van der Waals surface area contributed by atoms with Gasteiger partial charge in [0, 0.05) is 32.2 Å². The molecule has 1 aliphatic rings. The molecule has 160 valence electrons. The zero-order valence-electron chi connectivity index (χ0n) is 16.8. The lowest BCUT2D eigenvalue weighted by Crippen LogP contribution is -2.51. The van der Waals surface area contributed by atoms with Gasteiger partial charge in [0.25, 0.3) is 5.91 Å². The molecule has 1 heterocycles. The number of rotatable bonds is 6. The fourth-order valence-corrected chi connectivity index (χ4v) is 4.67. The molecule has 9 nitrogen and oxygen atoms in total. The van der Waals surface area contributed by atoms with Gasteiger partial charge in [-0.05, 0) is 43.2 Å². The average molecular weight is 433 g/mol. The summed E-state index contributed by atoms with van der Waals surface area (Å²) < 4.78 is 32.4. The van der Waals surface area contributed by atoms with Gasteiger partial charge < -0.3 is 9.64 Å². The fraction of sp³-hybridized carbons (Fsp3) is 0.350. The topological polar surface area (TPSA) is 110 Å². The van der Waals surface area contributed by atoms with E-state index < -0.39 is 14.9 Å². The standard InChI is InChI=1S/C20H23N3O6S/c1-15-7-8-17(13-16(15)2)30(27,28)22-11-9-21(10-12-22)20(24)14-29-19-6-4-3-5-18(19)23(25)26/h3-8,13H,9-12,14H2,1-2H3. The maximum atomic E-state index is 12.9. The van der Waals surface area contributed by atoms with Crippen LogP contribution in [0.5, 0.6) is 5.75 Å². The van der Waals surface area contributed by atoms with Crippen molar-refractivity contribution in [3.8, 4) is 5.75 Å². The molecule has 1 fully saturated rings. The maximum absolute atomic E-state index is 12.9.